The lowest BCUT2D eigenvalue weighted by atomic mass is 9.85. The van der Waals surface area contributed by atoms with Gasteiger partial charge in [-0.15, -0.1) is 0 Å². The predicted octanol–water partition coefficient (Wildman–Crippen LogP) is 3.47. The molecule has 0 spiro atoms. The topological polar surface area (TPSA) is 23.5 Å². The van der Waals surface area contributed by atoms with Crippen LogP contribution in [0.25, 0.3) is 0 Å². The lowest BCUT2D eigenvalue weighted by Gasteiger charge is -2.36. The molecule has 2 nitrogen and oxygen atoms in total. The third-order valence-electron chi connectivity index (χ3n) is 5.17. The van der Waals surface area contributed by atoms with Crippen LogP contribution < -0.4 is 0 Å². The molecule has 3 rings (SSSR count). The fraction of sp³-hybridized carbons (Fsp3) is 0.667. The summed E-state index contributed by atoms with van der Waals surface area (Å²) in [6.45, 7) is 4.48. The molecule has 1 N–H and O–H groups in total. The maximum Gasteiger partial charge on any atom is 0.0945 e. The van der Waals surface area contributed by atoms with Crippen molar-refractivity contribution in [3.05, 3.63) is 34.9 Å². The Balaban J connectivity index is 1.80. The quantitative estimate of drug-likeness (QED) is 0.911. The van der Waals surface area contributed by atoms with E-state index in [2.05, 4.69) is 30.0 Å². The van der Waals surface area contributed by atoms with Crippen molar-refractivity contribution in [2.24, 2.45) is 0 Å². The maximum atomic E-state index is 10.9. The Hall–Kier alpha value is -0.860. The molecule has 110 valence electrons. The van der Waals surface area contributed by atoms with Gasteiger partial charge in [-0.05, 0) is 75.2 Å². The van der Waals surface area contributed by atoms with Gasteiger partial charge in [-0.3, -0.25) is 4.90 Å². The molecule has 1 fully saturated rings. The monoisotopic (exact) mass is 273 g/mol. The lowest BCUT2D eigenvalue weighted by Crippen LogP contribution is -2.41. The van der Waals surface area contributed by atoms with Crippen molar-refractivity contribution in [1.29, 1.82) is 0 Å². The van der Waals surface area contributed by atoms with Crippen LogP contribution in [0.3, 0.4) is 0 Å². The molecule has 20 heavy (non-hydrogen) atoms. The van der Waals surface area contributed by atoms with Crippen molar-refractivity contribution in [2.75, 3.05) is 13.1 Å². The first-order chi connectivity index (χ1) is 9.77. The molecule has 1 saturated heterocycles. The summed E-state index contributed by atoms with van der Waals surface area (Å²) in [7, 11) is 0. The van der Waals surface area contributed by atoms with Crippen LogP contribution in [0.1, 0.15) is 61.8 Å². The van der Waals surface area contributed by atoms with Crippen molar-refractivity contribution in [3.8, 4) is 0 Å². The van der Waals surface area contributed by atoms with Crippen LogP contribution in [0.4, 0.5) is 0 Å². The molecule has 0 amide bonds. The van der Waals surface area contributed by atoms with Crippen LogP contribution in [0.2, 0.25) is 0 Å². The van der Waals surface area contributed by atoms with E-state index in [9.17, 15) is 5.11 Å². The number of hydrogen-bond acceptors (Lipinski definition) is 2. The highest BCUT2D eigenvalue weighted by molar-refractivity contribution is 5.38. The van der Waals surface area contributed by atoms with E-state index < -0.39 is 0 Å². The van der Waals surface area contributed by atoms with Crippen LogP contribution in [0.15, 0.2) is 18.2 Å². The summed E-state index contributed by atoms with van der Waals surface area (Å²) in [5.41, 5.74) is 4.11. The van der Waals surface area contributed by atoms with Crippen molar-refractivity contribution < 1.29 is 5.11 Å². The van der Waals surface area contributed by atoms with E-state index in [0.717, 1.165) is 19.5 Å². The number of likely N-dealkylation sites (tertiary alicyclic amines) is 1. The first kappa shape index (κ1) is 14.1. The predicted molar refractivity (Wildman–Crippen MR) is 82.9 cm³/mol. The molecule has 2 unspecified atom stereocenters. The molecule has 1 heterocycles. The minimum absolute atomic E-state index is 0.240. The normalized spacial score (nSPS) is 23.1. The number of fused-ring (bicyclic) bond motifs is 1. The van der Waals surface area contributed by atoms with Gasteiger partial charge < -0.3 is 5.11 Å². The van der Waals surface area contributed by atoms with Gasteiger partial charge in [-0.25, -0.2) is 0 Å². The lowest BCUT2D eigenvalue weighted by molar-refractivity contribution is 0.0464. The zero-order valence-electron chi connectivity index (χ0n) is 12.6. The molecule has 0 bridgehead atoms. The van der Waals surface area contributed by atoms with Crippen LogP contribution in [0.5, 0.6) is 0 Å². The van der Waals surface area contributed by atoms with Gasteiger partial charge in [0.15, 0.2) is 0 Å². The second-order valence-electron chi connectivity index (χ2n) is 6.47. The Bertz CT molecular complexity index is 451. The number of piperidine rings is 1. The van der Waals surface area contributed by atoms with Gasteiger partial charge in [0, 0.05) is 6.04 Å². The molecule has 2 aliphatic rings. The summed E-state index contributed by atoms with van der Waals surface area (Å²) in [6.07, 6.45) is 8.49. The molecule has 1 aromatic carbocycles. The summed E-state index contributed by atoms with van der Waals surface area (Å²) < 4.78 is 0. The molecule has 0 aromatic heterocycles. The number of aliphatic hydroxyl groups is 1. The Morgan fingerprint density at radius 2 is 1.75 bits per heavy atom. The van der Waals surface area contributed by atoms with E-state index in [0.29, 0.717) is 0 Å². The highest BCUT2D eigenvalue weighted by Gasteiger charge is 2.27. The van der Waals surface area contributed by atoms with E-state index >= 15 is 0 Å². The van der Waals surface area contributed by atoms with E-state index in [1.807, 2.05) is 0 Å². The summed E-state index contributed by atoms with van der Waals surface area (Å²) >= 11 is 0. The number of aryl methyl sites for hydroxylation is 1. The molecule has 0 radical (unpaired) electrons. The fourth-order valence-electron chi connectivity index (χ4n) is 3.87. The molecule has 2 heteroatoms. The van der Waals surface area contributed by atoms with Gasteiger partial charge in [0.05, 0.1) is 6.10 Å². The molecule has 2 atom stereocenters. The van der Waals surface area contributed by atoms with Crippen molar-refractivity contribution in [3.63, 3.8) is 0 Å². The number of aliphatic hydroxyl groups excluding tert-OH is 1. The van der Waals surface area contributed by atoms with Crippen LogP contribution in [-0.4, -0.2) is 29.1 Å². The second-order valence-corrected chi connectivity index (χ2v) is 6.47. The van der Waals surface area contributed by atoms with Crippen LogP contribution in [-0.2, 0) is 12.8 Å². The Morgan fingerprint density at radius 3 is 2.55 bits per heavy atom. The third-order valence-corrected chi connectivity index (χ3v) is 5.17. The van der Waals surface area contributed by atoms with Crippen LogP contribution in [0, 0.1) is 0 Å². The van der Waals surface area contributed by atoms with Gasteiger partial charge in [0.1, 0.15) is 0 Å². The summed E-state index contributed by atoms with van der Waals surface area (Å²) in [6, 6.07) is 6.76. The zero-order valence-corrected chi connectivity index (χ0v) is 12.6. The third kappa shape index (κ3) is 2.77. The van der Waals surface area contributed by atoms with Gasteiger partial charge >= 0.3 is 0 Å². The van der Waals surface area contributed by atoms with Gasteiger partial charge in [0.2, 0.25) is 0 Å². The molecular formula is C18H27NO. The Morgan fingerprint density at radius 1 is 1.00 bits per heavy atom. The average Bonchev–Trinajstić information content (AvgIpc) is 2.54. The van der Waals surface area contributed by atoms with Crippen molar-refractivity contribution >= 4 is 0 Å². The number of nitrogens with zero attached hydrogens (tertiary/aromatic N) is 1. The molecular weight excluding hydrogens is 246 g/mol. The molecule has 1 aliphatic heterocycles. The second kappa shape index (κ2) is 6.28. The van der Waals surface area contributed by atoms with E-state index in [-0.39, 0.29) is 12.1 Å². The Labute approximate surface area is 122 Å². The first-order valence-electron chi connectivity index (χ1n) is 8.30. The van der Waals surface area contributed by atoms with E-state index in [1.165, 1.54) is 55.2 Å². The van der Waals surface area contributed by atoms with E-state index in [1.54, 1.807) is 0 Å². The van der Waals surface area contributed by atoms with Crippen LogP contribution >= 0.6 is 0 Å². The highest BCUT2D eigenvalue weighted by Crippen LogP contribution is 2.31. The van der Waals surface area contributed by atoms with Gasteiger partial charge in [-0.1, -0.05) is 24.6 Å². The summed E-state index contributed by atoms with van der Waals surface area (Å²) in [5.74, 6) is 0. The summed E-state index contributed by atoms with van der Waals surface area (Å²) in [4.78, 5) is 2.47. The number of rotatable bonds is 3. The summed E-state index contributed by atoms with van der Waals surface area (Å²) in [5, 5.41) is 10.9. The molecule has 1 aromatic rings. The minimum atomic E-state index is -0.332. The van der Waals surface area contributed by atoms with Gasteiger partial charge in [-0.2, -0.15) is 0 Å². The minimum Gasteiger partial charge on any atom is -0.387 e. The number of benzene rings is 1. The highest BCUT2D eigenvalue weighted by atomic mass is 16.3. The molecule has 1 aliphatic carbocycles. The van der Waals surface area contributed by atoms with Crippen molar-refractivity contribution in [2.45, 2.75) is 64.0 Å². The standard InChI is InChI=1S/C18H27NO/c1-14(19-12-5-2-6-13-19)18(20)17-11-7-9-15-8-3-4-10-16(15)17/h7,9,11,14,18,20H,2-6,8,10,12-13H2,1H3. The van der Waals surface area contributed by atoms with Gasteiger partial charge in [0.25, 0.3) is 0 Å². The fourth-order valence-corrected chi connectivity index (χ4v) is 3.87. The average molecular weight is 273 g/mol. The first-order valence-corrected chi connectivity index (χ1v) is 8.30. The maximum absolute atomic E-state index is 10.9. The number of hydrogen-bond donors (Lipinski definition) is 1. The smallest absolute Gasteiger partial charge is 0.0945 e. The SMILES string of the molecule is CC(C(O)c1cccc2c1CCCC2)N1CCCCC1. The Kier molecular flexibility index (Phi) is 4.42. The van der Waals surface area contributed by atoms with Crippen molar-refractivity contribution in [1.82, 2.24) is 4.90 Å². The molecule has 0 saturated carbocycles. The van der Waals surface area contributed by atoms with E-state index in [4.69, 9.17) is 0 Å². The largest absolute Gasteiger partial charge is 0.387 e. The zero-order chi connectivity index (χ0) is 13.9.